The molecule has 40 heavy (non-hydrogen) atoms. The Morgan fingerprint density at radius 3 is 2.38 bits per heavy atom. The zero-order valence-corrected chi connectivity index (χ0v) is 23.9. The summed E-state index contributed by atoms with van der Waals surface area (Å²) in [5, 5.41) is 7.93. The molecule has 1 aliphatic rings. The Labute approximate surface area is 238 Å². The van der Waals surface area contributed by atoms with E-state index in [9.17, 15) is 14.4 Å². The molecule has 3 heterocycles. The number of hydrogen-bond donors (Lipinski definition) is 1. The summed E-state index contributed by atoms with van der Waals surface area (Å²) >= 11 is 2.18. The van der Waals surface area contributed by atoms with E-state index in [1.165, 1.54) is 32.7 Å². The minimum atomic E-state index is -0.432. The Kier molecular flexibility index (Phi) is 7.81. The summed E-state index contributed by atoms with van der Waals surface area (Å²) in [5.74, 6) is 0.585. The molecule has 1 N–H and O–H groups in total. The van der Waals surface area contributed by atoms with E-state index in [1.807, 2.05) is 48.0 Å². The maximum Gasteiger partial charge on any atom is 0.293 e. The molecule has 2 aromatic heterocycles. The fourth-order valence-electron chi connectivity index (χ4n) is 4.30. The standard InChI is InChI=1S/C28H26N4O6S2/c1-16-19-15-22(39-27(19)32(30-16)18-8-6-5-7-9-18)25(33)29-10-11-31-26(34)23(40-28(31)35)14-17-12-20(36-2)24(38-4)21(13-17)37-3/h5-9,12-15H,10-11H2,1-4H3,(H,29,33). The van der Waals surface area contributed by atoms with Crippen molar-refractivity contribution in [3.05, 3.63) is 69.6 Å². The molecule has 0 bridgehead atoms. The van der Waals surface area contributed by atoms with E-state index in [1.54, 1.807) is 18.2 Å². The first-order valence-corrected chi connectivity index (χ1v) is 13.9. The molecule has 206 valence electrons. The summed E-state index contributed by atoms with van der Waals surface area (Å²) in [5.41, 5.74) is 2.35. The van der Waals surface area contributed by atoms with Crippen molar-refractivity contribution in [2.45, 2.75) is 6.92 Å². The van der Waals surface area contributed by atoms with Gasteiger partial charge in [-0.25, -0.2) is 4.68 Å². The Morgan fingerprint density at radius 1 is 1.02 bits per heavy atom. The molecule has 12 heteroatoms. The van der Waals surface area contributed by atoms with E-state index in [0.717, 1.165) is 38.3 Å². The van der Waals surface area contributed by atoms with Gasteiger partial charge in [0, 0.05) is 18.5 Å². The summed E-state index contributed by atoms with van der Waals surface area (Å²) < 4.78 is 17.9. The Morgan fingerprint density at radius 2 is 1.73 bits per heavy atom. The van der Waals surface area contributed by atoms with Gasteiger partial charge in [0.1, 0.15) is 4.83 Å². The molecule has 0 radical (unpaired) electrons. The third kappa shape index (κ3) is 5.15. The van der Waals surface area contributed by atoms with Crippen molar-refractivity contribution in [1.29, 1.82) is 0 Å². The van der Waals surface area contributed by atoms with Crippen molar-refractivity contribution < 1.29 is 28.6 Å². The molecule has 5 rings (SSSR count). The van der Waals surface area contributed by atoms with Crippen molar-refractivity contribution >= 4 is 56.4 Å². The molecule has 0 unspecified atom stereocenters. The van der Waals surface area contributed by atoms with Crippen LogP contribution >= 0.6 is 23.1 Å². The number of nitrogens with one attached hydrogen (secondary N) is 1. The molecular formula is C28H26N4O6S2. The molecule has 2 aromatic carbocycles. The summed E-state index contributed by atoms with van der Waals surface area (Å²) in [6, 6.07) is 14.9. The smallest absolute Gasteiger partial charge is 0.293 e. The number of carbonyl (C=O) groups excluding carboxylic acids is 3. The van der Waals surface area contributed by atoms with E-state index in [4.69, 9.17) is 14.2 Å². The maximum absolute atomic E-state index is 13.0. The van der Waals surface area contributed by atoms with Crippen LogP contribution in [0, 0.1) is 6.92 Å². The lowest BCUT2D eigenvalue weighted by atomic mass is 10.1. The summed E-state index contributed by atoms with van der Waals surface area (Å²) in [7, 11) is 4.51. The van der Waals surface area contributed by atoms with Crippen LogP contribution in [0.5, 0.6) is 17.2 Å². The second kappa shape index (κ2) is 11.4. The molecule has 1 saturated heterocycles. The fourth-order valence-corrected chi connectivity index (χ4v) is 6.26. The number of benzene rings is 2. The molecule has 3 amide bonds. The number of nitrogens with zero attached hydrogens (tertiary/aromatic N) is 3. The topological polar surface area (TPSA) is 112 Å². The number of hydrogen-bond acceptors (Lipinski definition) is 9. The van der Waals surface area contributed by atoms with E-state index in [-0.39, 0.29) is 23.9 Å². The van der Waals surface area contributed by atoms with Gasteiger partial charge in [-0.2, -0.15) is 5.10 Å². The Balaban J connectivity index is 1.26. The number of methoxy groups -OCH3 is 3. The summed E-state index contributed by atoms with van der Waals surface area (Å²) in [6.45, 7) is 2.07. The van der Waals surface area contributed by atoms with Crippen LogP contribution < -0.4 is 19.5 Å². The quantitative estimate of drug-likeness (QED) is 0.280. The predicted molar refractivity (Wildman–Crippen MR) is 155 cm³/mol. The zero-order chi connectivity index (χ0) is 28.4. The second-order valence-corrected chi connectivity index (χ2v) is 10.7. The normalized spacial score (nSPS) is 14.3. The van der Waals surface area contributed by atoms with E-state index >= 15 is 0 Å². The summed E-state index contributed by atoms with van der Waals surface area (Å²) in [6.07, 6.45) is 1.60. The first kappa shape index (κ1) is 27.3. The van der Waals surface area contributed by atoms with E-state index < -0.39 is 11.1 Å². The fraction of sp³-hybridized carbons (Fsp3) is 0.214. The van der Waals surface area contributed by atoms with Gasteiger partial charge in [-0.3, -0.25) is 19.3 Å². The number of thioether (sulfide) groups is 1. The first-order chi connectivity index (χ1) is 19.3. The molecule has 1 fully saturated rings. The van der Waals surface area contributed by atoms with Crippen LogP contribution in [0.4, 0.5) is 4.79 Å². The minimum absolute atomic E-state index is 0.0463. The largest absolute Gasteiger partial charge is 0.493 e. The molecule has 10 nitrogen and oxygen atoms in total. The lowest BCUT2D eigenvalue weighted by molar-refractivity contribution is -0.122. The first-order valence-electron chi connectivity index (χ1n) is 12.2. The molecule has 0 saturated carbocycles. The molecular weight excluding hydrogens is 552 g/mol. The number of fused-ring (bicyclic) bond motifs is 1. The van der Waals surface area contributed by atoms with E-state index in [2.05, 4.69) is 10.4 Å². The minimum Gasteiger partial charge on any atom is -0.493 e. The molecule has 0 spiro atoms. The second-order valence-electron chi connectivity index (χ2n) is 8.71. The van der Waals surface area contributed by atoms with Gasteiger partial charge in [0.05, 0.1) is 42.5 Å². The van der Waals surface area contributed by atoms with Crippen LogP contribution in [0.2, 0.25) is 0 Å². The van der Waals surface area contributed by atoms with Crippen LogP contribution in [0.15, 0.2) is 53.4 Å². The van der Waals surface area contributed by atoms with Crippen LogP contribution in [0.1, 0.15) is 20.9 Å². The summed E-state index contributed by atoms with van der Waals surface area (Å²) in [4.78, 5) is 41.3. The van der Waals surface area contributed by atoms with Crippen molar-refractivity contribution in [3.63, 3.8) is 0 Å². The van der Waals surface area contributed by atoms with Gasteiger partial charge in [0.25, 0.3) is 17.1 Å². The number of para-hydroxylation sites is 1. The highest BCUT2D eigenvalue weighted by atomic mass is 32.2. The number of imide groups is 1. The van der Waals surface area contributed by atoms with Gasteiger partial charge >= 0.3 is 0 Å². The highest BCUT2D eigenvalue weighted by molar-refractivity contribution is 8.18. The van der Waals surface area contributed by atoms with Crippen LogP contribution in [0.3, 0.4) is 0 Å². The maximum atomic E-state index is 13.0. The number of carbonyl (C=O) groups is 3. The van der Waals surface area contributed by atoms with Gasteiger partial charge in [0.2, 0.25) is 5.75 Å². The average molecular weight is 579 g/mol. The third-order valence-corrected chi connectivity index (χ3v) is 8.27. The van der Waals surface area contributed by atoms with Crippen molar-refractivity contribution in [3.8, 4) is 22.9 Å². The SMILES string of the molecule is COc1cc(C=C2SC(=O)N(CCNC(=O)c3cc4c(C)nn(-c5ccccc5)c4s3)C2=O)cc(OC)c1OC. The van der Waals surface area contributed by atoms with Gasteiger partial charge in [-0.05, 0) is 60.7 Å². The number of aromatic nitrogens is 2. The Bertz CT molecular complexity index is 1620. The lowest BCUT2D eigenvalue weighted by Gasteiger charge is -2.13. The highest BCUT2D eigenvalue weighted by Crippen LogP contribution is 2.40. The van der Waals surface area contributed by atoms with Crippen LogP contribution in [-0.4, -0.2) is 66.2 Å². The number of rotatable bonds is 9. The van der Waals surface area contributed by atoms with Crippen molar-refractivity contribution in [2.24, 2.45) is 0 Å². The molecule has 1 aliphatic heterocycles. The average Bonchev–Trinajstić information content (AvgIpc) is 3.62. The molecule has 4 aromatic rings. The van der Waals surface area contributed by atoms with Gasteiger partial charge in [-0.1, -0.05) is 18.2 Å². The zero-order valence-electron chi connectivity index (χ0n) is 22.2. The number of amides is 3. The van der Waals surface area contributed by atoms with Gasteiger partial charge < -0.3 is 19.5 Å². The number of thiophene rings is 1. The molecule has 0 atom stereocenters. The number of ether oxygens (including phenoxy) is 3. The van der Waals surface area contributed by atoms with Crippen LogP contribution in [-0.2, 0) is 4.79 Å². The Hall–Kier alpha value is -4.29. The highest BCUT2D eigenvalue weighted by Gasteiger charge is 2.35. The van der Waals surface area contributed by atoms with Gasteiger partial charge in [-0.15, -0.1) is 11.3 Å². The predicted octanol–water partition coefficient (Wildman–Crippen LogP) is 4.89. The number of aryl methyl sites for hydroxylation is 1. The lowest BCUT2D eigenvalue weighted by Crippen LogP contribution is -2.37. The van der Waals surface area contributed by atoms with Crippen molar-refractivity contribution in [2.75, 3.05) is 34.4 Å². The van der Waals surface area contributed by atoms with E-state index in [0.29, 0.717) is 27.7 Å². The molecule has 0 aliphatic carbocycles. The van der Waals surface area contributed by atoms with Crippen LogP contribution in [0.25, 0.3) is 22.0 Å². The van der Waals surface area contributed by atoms with Crippen molar-refractivity contribution in [1.82, 2.24) is 20.0 Å². The monoisotopic (exact) mass is 578 g/mol. The van der Waals surface area contributed by atoms with Gasteiger partial charge in [0.15, 0.2) is 11.5 Å². The third-order valence-electron chi connectivity index (χ3n) is 6.25.